The van der Waals surface area contributed by atoms with Gasteiger partial charge in [-0.25, -0.2) is 9.48 Å². The van der Waals surface area contributed by atoms with E-state index >= 15 is 0 Å². The molecule has 0 amide bonds. The van der Waals surface area contributed by atoms with Crippen LogP contribution < -0.4 is 0 Å². The van der Waals surface area contributed by atoms with E-state index in [1.54, 1.807) is 22.9 Å². The molecule has 0 aliphatic carbocycles. The van der Waals surface area contributed by atoms with Crippen LogP contribution in [-0.4, -0.2) is 31.1 Å². The zero-order valence-electron chi connectivity index (χ0n) is 13.2. The highest BCUT2D eigenvalue weighted by Gasteiger charge is 2.14. The maximum Gasteiger partial charge on any atom is 0.338 e. The third-order valence-electron chi connectivity index (χ3n) is 3.38. The van der Waals surface area contributed by atoms with Crippen LogP contribution in [0.25, 0.3) is 11.0 Å². The first-order valence-electron chi connectivity index (χ1n) is 7.41. The van der Waals surface area contributed by atoms with Gasteiger partial charge in [0, 0.05) is 12.5 Å². The summed E-state index contributed by atoms with van der Waals surface area (Å²) in [5.74, 6) is 0.558. The van der Waals surface area contributed by atoms with E-state index in [2.05, 4.69) is 20.5 Å². The predicted molar refractivity (Wildman–Crippen MR) is 80.7 cm³/mol. The number of hydrogen-bond acceptors (Lipinski definition) is 7. The molecule has 2 aromatic heterocycles. The fraction of sp³-hybridized carbons (Fsp3) is 0.400. The van der Waals surface area contributed by atoms with Crippen molar-refractivity contribution in [3.63, 3.8) is 0 Å². The number of aryl methyl sites for hydroxylation is 1. The highest BCUT2D eigenvalue weighted by molar-refractivity contribution is 5.93. The molecular formula is C15H17N5O3. The SMILES string of the molecule is CCn1nnc2cc(C(=O)OCc3nc(C(C)C)no3)ccc21. The minimum absolute atomic E-state index is 0.0573. The number of fused-ring (bicyclic) bond motifs is 1. The van der Waals surface area contributed by atoms with Crippen LogP contribution in [-0.2, 0) is 17.9 Å². The molecule has 8 heteroatoms. The van der Waals surface area contributed by atoms with Gasteiger partial charge >= 0.3 is 5.97 Å². The molecule has 1 aromatic carbocycles. The van der Waals surface area contributed by atoms with Gasteiger partial charge in [0.2, 0.25) is 0 Å². The van der Waals surface area contributed by atoms with Crippen molar-refractivity contribution >= 4 is 17.0 Å². The van der Waals surface area contributed by atoms with Crippen LogP contribution in [0.2, 0.25) is 0 Å². The van der Waals surface area contributed by atoms with Crippen molar-refractivity contribution in [3.05, 3.63) is 35.5 Å². The number of ether oxygens (including phenoxy) is 1. The topological polar surface area (TPSA) is 95.9 Å². The molecule has 0 aliphatic heterocycles. The molecule has 0 atom stereocenters. The molecule has 0 fully saturated rings. The van der Waals surface area contributed by atoms with E-state index in [4.69, 9.17) is 9.26 Å². The number of carbonyl (C=O) groups is 1. The molecule has 23 heavy (non-hydrogen) atoms. The fourth-order valence-electron chi connectivity index (χ4n) is 2.10. The highest BCUT2D eigenvalue weighted by Crippen LogP contribution is 2.15. The van der Waals surface area contributed by atoms with Crippen LogP contribution in [0.5, 0.6) is 0 Å². The van der Waals surface area contributed by atoms with Gasteiger partial charge in [0.05, 0.1) is 11.1 Å². The Morgan fingerprint density at radius 2 is 2.22 bits per heavy atom. The Morgan fingerprint density at radius 1 is 1.39 bits per heavy atom. The average molecular weight is 315 g/mol. The van der Waals surface area contributed by atoms with Crippen molar-refractivity contribution in [2.24, 2.45) is 0 Å². The van der Waals surface area contributed by atoms with E-state index in [1.807, 2.05) is 20.8 Å². The van der Waals surface area contributed by atoms with E-state index in [-0.39, 0.29) is 18.4 Å². The molecule has 0 saturated carbocycles. The number of nitrogens with zero attached hydrogens (tertiary/aromatic N) is 5. The molecule has 0 spiro atoms. The lowest BCUT2D eigenvalue weighted by molar-refractivity contribution is 0.0430. The zero-order chi connectivity index (χ0) is 16.4. The second-order valence-electron chi connectivity index (χ2n) is 5.39. The van der Waals surface area contributed by atoms with E-state index < -0.39 is 5.97 Å². The van der Waals surface area contributed by atoms with Crippen molar-refractivity contribution < 1.29 is 14.1 Å². The van der Waals surface area contributed by atoms with Crippen LogP contribution in [0.4, 0.5) is 0 Å². The van der Waals surface area contributed by atoms with E-state index in [0.717, 1.165) is 12.1 Å². The summed E-state index contributed by atoms with van der Waals surface area (Å²) >= 11 is 0. The molecule has 0 bridgehead atoms. The number of aromatic nitrogens is 5. The lowest BCUT2D eigenvalue weighted by Crippen LogP contribution is -2.05. The van der Waals surface area contributed by atoms with Gasteiger partial charge in [0.25, 0.3) is 5.89 Å². The molecule has 2 heterocycles. The Bertz CT molecular complexity index is 837. The first kappa shape index (κ1) is 15.1. The van der Waals surface area contributed by atoms with Crippen molar-refractivity contribution in [1.82, 2.24) is 25.1 Å². The van der Waals surface area contributed by atoms with Crippen LogP contribution >= 0.6 is 0 Å². The molecule has 0 unspecified atom stereocenters. The Balaban J connectivity index is 1.70. The number of esters is 1. The average Bonchev–Trinajstić information content (AvgIpc) is 3.18. The third-order valence-corrected chi connectivity index (χ3v) is 3.38. The molecule has 3 rings (SSSR count). The molecule has 0 saturated heterocycles. The van der Waals surface area contributed by atoms with Gasteiger partial charge in [-0.1, -0.05) is 24.2 Å². The molecule has 0 aliphatic rings. The van der Waals surface area contributed by atoms with Crippen molar-refractivity contribution in [1.29, 1.82) is 0 Å². The predicted octanol–water partition coefficient (Wildman–Crippen LogP) is 2.31. The second kappa shape index (κ2) is 6.15. The summed E-state index contributed by atoms with van der Waals surface area (Å²) in [6.07, 6.45) is 0. The monoisotopic (exact) mass is 315 g/mol. The fourth-order valence-corrected chi connectivity index (χ4v) is 2.10. The second-order valence-corrected chi connectivity index (χ2v) is 5.39. The molecular weight excluding hydrogens is 298 g/mol. The van der Waals surface area contributed by atoms with Crippen molar-refractivity contribution in [2.45, 2.75) is 39.8 Å². The summed E-state index contributed by atoms with van der Waals surface area (Å²) in [5, 5.41) is 11.9. The van der Waals surface area contributed by atoms with Gasteiger partial charge in [-0.2, -0.15) is 4.98 Å². The van der Waals surface area contributed by atoms with E-state index in [9.17, 15) is 4.79 Å². The minimum Gasteiger partial charge on any atom is -0.452 e. The maximum absolute atomic E-state index is 12.1. The standard InChI is InChI=1S/C15H17N5O3/c1-4-20-12-6-5-10(7-11(12)17-19-20)15(21)22-8-13-16-14(9(2)3)18-23-13/h5-7,9H,4,8H2,1-3H3. The summed E-state index contributed by atoms with van der Waals surface area (Å²) in [6, 6.07) is 5.15. The molecule has 3 aromatic rings. The summed E-state index contributed by atoms with van der Waals surface area (Å²) in [4.78, 5) is 16.3. The smallest absolute Gasteiger partial charge is 0.338 e. The molecule has 8 nitrogen and oxygen atoms in total. The summed E-state index contributed by atoms with van der Waals surface area (Å²) in [5.41, 5.74) is 1.94. The van der Waals surface area contributed by atoms with Crippen LogP contribution in [0.3, 0.4) is 0 Å². The summed E-state index contributed by atoms with van der Waals surface area (Å²) in [7, 11) is 0. The van der Waals surface area contributed by atoms with Gasteiger partial charge in [0.1, 0.15) is 5.52 Å². The van der Waals surface area contributed by atoms with Crippen LogP contribution in [0.15, 0.2) is 22.7 Å². The van der Waals surface area contributed by atoms with Gasteiger partial charge in [-0.15, -0.1) is 5.10 Å². The first-order chi connectivity index (χ1) is 11.1. The Labute approximate surface area is 132 Å². The van der Waals surface area contributed by atoms with E-state index in [0.29, 0.717) is 16.9 Å². The molecule has 120 valence electrons. The van der Waals surface area contributed by atoms with Gasteiger partial charge in [-0.05, 0) is 25.1 Å². The molecule has 0 radical (unpaired) electrons. The minimum atomic E-state index is -0.470. The van der Waals surface area contributed by atoms with Gasteiger partial charge < -0.3 is 9.26 Å². The summed E-state index contributed by atoms with van der Waals surface area (Å²) in [6.45, 7) is 6.55. The first-order valence-corrected chi connectivity index (χ1v) is 7.41. The Kier molecular flexibility index (Phi) is 4.05. The van der Waals surface area contributed by atoms with Crippen LogP contribution in [0, 0.1) is 0 Å². The summed E-state index contributed by atoms with van der Waals surface area (Å²) < 4.78 is 12.0. The molecule has 0 N–H and O–H groups in total. The van der Waals surface area contributed by atoms with Gasteiger partial charge in [0.15, 0.2) is 12.4 Å². The lowest BCUT2D eigenvalue weighted by Gasteiger charge is -2.02. The quantitative estimate of drug-likeness (QED) is 0.666. The Morgan fingerprint density at radius 3 is 2.91 bits per heavy atom. The Hall–Kier alpha value is -2.77. The van der Waals surface area contributed by atoms with Crippen molar-refractivity contribution in [3.8, 4) is 0 Å². The van der Waals surface area contributed by atoms with E-state index in [1.165, 1.54) is 0 Å². The number of benzene rings is 1. The normalized spacial score (nSPS) is 11.3. The van der Waals surface area contributed by atoms with Crippen LogP contribution in [0.1, 0.15) is 48.8 Å². The largest absolute Gasteiger partial charge is 0.452 e. The maximum atomic E-state index is 12.1. The highest BCUT2D eigenvalue weighted by atomic mass is 16.6. The number of rotatable bonds is 5. The lowest BCUT2D eigenvalue weighted by atomic mass is 10.2. The van der Waals surface area contributed by atoms with Crippen molar-refractivity contribution in [2.75, 3.05) is 0 Å². The number of hydrogen-bond donors (Lipinski definition) is 0. The van der Waals surface area contributed by atoms with Gasteiger partial charge in [-0.3, -0.25) is 0 Å². The third kappa shape index (κ3) is 3.05. The number of carbonyl (C=O) groups excluding carboxylic acids is 1. The zero-order valence-corrected chi connectivity index (χ0v) is 13.2.